The zero-order chi connectivity index (χ0) is 13.5. The third-order valence-electron chi connectivity index (χ3n) is 3.74. The van der Waals surface area contributed by atoms with Crippen LogP contribution in [0, 0.1) is 0 Å². The lowest BCUT2D eigenvalue weighted by Crippen LogP contribution is -2.37. The SMILES string of the molecule is O=C(/C=C/CN1CCOCC1)NC1CCC(I)CC1. The predicted molar refractivity (Wildman–Crippen MR) is 84.6 cm³/mol. The number of nitrogens with zero attached hydrogens (tertiary/aromatic N) is 1. The standard InChI is InChI=1S/C14H23IN2O2/c15-12-3-5-13(6-4-12)16-14(18)2-1-7-17-8-10-19-11-9-17/h1-2,12-13H,3-11H2,(H,16,18)/b2-1+. The molecule has 108 valence electrons. The smallest absolute Gasteiger partial charge is 0.243 e. The van der Waals surface area contributed by atoms with Crippen LogP contribution in [0.4, 0.5) is 0 Å². The van der Waals surface area contributed by atoms with Gasteiger partial charge in [-0.15, -0.1) is 0 Å². The van der Waals surface area contributed by atoms with Crippen LogP contribution in [0.1, 0.15) is 25.7 Å². The van der Waals surface area contributed by atoms with Crippen LogP contribution in [0.5, 0.6) is 0 Å². The Labute approximate surface area is 129 Å². The second-order valence-electron chi connectivity index (χ2n) is 5.27. The lowest BCUT2D eigenvalue weighted by molar-refractivity contribution is -0.117. The highest BCUT2D eigenvalue weighted by Gasteiger charge is 2.19. The molecule has 2 aliphatic rings. The van der Waals surface area contributed by atoms with Gasteiger partial charge in [0.05, 0.1) is 13.2 Å². The number of ether oxygens (including phenoxy) is 1. The summed E-state index contributed by atoms with van der Waals surface area (Å²) in [6, 6.07) is 0.381. The minimum absolute atomic E-state index is 0.0603. The number of hydrogen-bond donors (Lipinski definition) is 1. The number of alkyl halides is 1. The van der Waals surface area contributed by atoms with Crippen molar-refractivity contribution < 1.29 is 9.53 Å². The summed E-state index contributed by atoms with van der Waals surface area (Å²) < 4.78 is 6.08. The molecule has 2 rings (SSSR count). The van der Waals surface area contributed by atoms with Crippen molar-refractivity contribution in [2.45, 2.75) is 35.6 Å². The largest absolute Gasteiger partial charge is 0.379 e. The first kappa shape index (κ1) is 15.3. The van der Waals surface area contributed by atoms with Crippen LogP contribution in [0.3, 0.4) is 0 Å². The van der Waals surface area contributed by atoms with Gasteiger partial charge in [-0.3, -0.25) is 9.69 Å². The summed E-state index contributed by atoms with van der Waals surface area (Å²) in [5.41, 5.74) is 0. The van der Waals surface area contributed by atoms with Gasteiger partial charge in [0, 0.05) is 35.7 Å². The molecule has 0 atom stereocenters. The molecular formula is C14H23IN2O2. The summed E-state index contributed by atoms with van der Waals surface area (Å²) in [4.78, 5) is 14.1. The number of amides is 1. The molecule has 1 N–H and O–H groups in total. The van der Waals surface area contributed by atoms with Crippen LogP contribution in [-0.4, -0.2) is 53.6 Å². The maximum atomic E-state index is 11.8. The van der Waals surface area contributed by atoms with Crippen LogP contribution in [-0.2, 0) is 9.53 Å². The monoisotopic (exact) mass is 378 g/mol. The predicted octanol–water partition coefficient (Wildman–Crippen LogP) is 1.74. The molecule has 1 aliphatic carbocycles. The Kier molecular flexibility index (Phi) is 6.59. The molecule has 1 heterocycles. The molecule has 0 radical (unpaired) electrons. The van der Waals surface area contributed by atoms with Crippen LogP contribution >= 0.6 is 22.6 Å². The zero-order valence-corrected chi connectivity index (χ0v) is 13.5. The second-order valence-corrected chi connectivity index (χ2v) is 7.03. The molecule has 0 aromatic carbocycles. The summed E-state index contributed by atoms with van der Waals surface area (Å²) in [7, 11) is 0. The van der Waals surface area contributed by atoms with Crippen molar-refractivity contribution >= 4 is 28.5 Å². The third kappa shape index (κ3) is 5.79. The van der Waals surface area contributed by atoms with Crippen molar-refractivity contribution in [3.05, 3.63) is 12.2 Å². The van der Waals surface area contributed by atoms with Crippen LogP contribution in [0.25, 0.3) is 0 Å². The fraction of sp³-hybridized carbons (Fsp3) is 0.786. The molecule has 0 bridgehead atoms. The molecule has 0 aromatic heterocycles. The summed E-state index contributed by atoms with van der Waals surface area (Å²) in [5.74, 6) is 0.0603. The van der Waals surface area contributed by atoms with E-state index in [-0.39, 0.29) is 5.91 Å². The average Bonchev–Trinajstić information content (AvgIpc) is 2.43. The van der Waals surface area contributed by atoms with Gasteiger partial charge >= 0.3 is 0 Å². The molecular weight excluding hydrogens is 355 g/mol. The highest BCUT2D eigenvalue weighted by atomic mass is 127. The molecule has 1 saturated carbocycles. The first-order valence-corrected chi connectivity index (χ1v) is 8.40. The van der Waals surface area contributed by atoms with Gasteiger partial charge in [0.2, 0.25) is 5.91 Å². The minimum atomic E-state index is 0.0603. The quantitative estimate of drug-likeness (QED) is 0.460. The van der Waals surface area contributed by atoms with Gasteiger partial charge in [-0.1, -0.05) is 28.7 Å². The van der Waals surface area contributed by atoms with E-state index < -0.39 is 0 Å². The minimum Gasteiger partial charge on any atom is -0.379 e. The number of morpholine rings is 1. The van der Waals surface area contributed by atoms with Crippen molar-refractivity contribution in [2.75, 3.05) is 32.8 Å². The van der Waals surface area contributed by atoms with E-state index in [1.807, 2.05) is 6.08 Å². The normalized spacial score (nSPS) is 29.5. The van der Waals surface area contributed by atoms with E-state index in [2.05, 4.69) is 32.8 Å². The molecule has 1 saturated heterocycles. The van der Waals surface area contributed by atoms with Gasteiger partial charge in [-0.05, 0) is 25.7 Å². The first-order chi connectivity index (χ1) is 9.24. The zero-order valence-electron chi connectivity index (χ0n) is 11.3. The molecule has 2 fully saturated rings. The number of rotatable bonds is 4. The topological polar surface area (TPSA) is 41.6 Å². The number of halogens is 1. The first-order valence-electron chi connectivity index (χ1n) is 7.15. The Morgan fingerprint density at radius 3 is 2.63 bits per heavy atom. The summed E-state index contributed by atoms with van der Waals surface area (Å²) in [6.07, 6.45) is 8.34. The Bertz CT molecular complexity index is 309. The highest BCUT2D eigenvalue weighted by molar-refractivity contribution is 14.1. The number of carbonyl (C=O) groups excluding carboxylic acids is 1. The number of carbonyl (C=O) groups is 1. The fourth-order valence-corrected chi connectivity index (χ4v) is 3.26. The number of hydrogen-bond acceptors (Lipinski definition) is 3. The van der Waals surface area contributed by atoms with Gasteiger partial charge in [0.1, 0.15) is 0 Å². The Morgan fingerprint density at radius 2 is 1.95 bits per heavy atom. The van der Waals surface area contributed by atoms with E-state index in [1.165, 1.54) is 12.8 Å². The molecule has 1 amide bonds. The maximum Gasteiger partial charge on any atom is 0.243 e. The highest BCUT2D eigenvalue weighted by Crippen LogP contribution is 2.24. The molecule has 1 aliphatic heterocycles. The van der Waals surface area contributed by atoms with E-state index in [0.29, 0.717) is 6.04 Å². The van der Waals surface area contributed by atoms with Gasteiger partial charge in [0.25, 0.3) is 0 Å². The van der Waals surface area contributed by atoms with Crippen molar-refractivity contribution in [2.24, 2.45) is 0 Å². The van der Waals surface area contributed by atoms with Gasteiger partial charge in [-0.2, -0.15) is 0 Å². The third-order valence-corrected chi connectivity index (χ3v) is 4.99. The van der Waals surface area contributed by atoms with Crippen LogP contribution < -0.4 is 5.32 Å². The molecule has 0 unspecified atom stereocenters. The van der Waals surface area contributed by atoms with Crippen LogP contribution in [0.2, 0.25) is 0 Å². The average molecular weight is 378 g/mol. The molecule has 19 heavy (non-hydrogen) atoms. The van der Waals surface area contributed by atoms with Gasteiger partial charge < -0.3 is 10.1 Å². The Balaban J connectivity index is 1.63. The maximum absolute atomic E-state index is 11.8. The fourth-order valence-electron chi connectivity index (χ4n) is 2.54. The van der Waals surface area contributed by atoms with E-state index in [1.54, 1.807) is 6.08 Å². The van der Waals surface area contributed by atoms with Gasteiger partial charge in [0.15, 0.2) is 0 Å². The van der Waals surface area contributed by atoms with E-state index in [9.17, 15) is 4.79 Å². The van der Waals surface area contributed by atoms with Crippen molar-refractivity contribution in [3.63, 3.8) is 0 Å². The molecule has 0 spiro atoms. The van der Waals surface area contributed by atoms with E-state index in [0.717, 1.165) is 49.6 Å². The van der Waals surface area contributed by atoms with Gasteiger partial charge in [-0.25, -0.2) is 0 Å². The molecule has 5 heteroatoms. The van der Waals surface area contributed by atoms with Crippen LogP contribution in [0.15, 0.2) is 12.2 Å². The second kappa shape index (κ2) is 8.21. The lowest BCUT2D eigenvalue weighted by Gasteiger charge is -2.26. The molecule has 0 aromatic rings. The number of nitrogens with one attached hydrogen (secondary N) is 1. The molecule has 4 nitrogen and oxygen atoms in total. The Hall–Kier alpha value is -0.140. The van der Waals surface area contributed by atoms with E-state index >= 15 is 0 Å². The van der Waals surface area contributed by atoms with Crippen molar-refractivity contribution in [3.8, 4) is 0 Å². The Morgan fingerprint density at radius 1 is 1.26 bits per heavy atom. The summed E-state index contributed by atoms with van der Waals surface area (Å²) in [6.45, 7) is 4.38. The van der Waals surface area contributed by atoms with E-state index in [4.69, 9.17) is 4.74 Å². The lowest BCUT2D eigenvalue weighted by atomic mass is 9.95. The van der Waals surface area contributed by atoms with Crippen molar-refractivity contribution in [1.29, 1.82) is 0 Å². The summed E-state index contributed by atoms with van der Waals surface area (Å²) >= 11 is 2.51. The van der Waals surface area contributed by atoms with Crippen molar-refractivity contribution in [1.82, 2.24) is 10.2 Å². The summed E-state index contributed by atoms with van der Waals surface area (Å²) in [5, 5.41) is 3.10.